The van der Waals surface area contributed by atoms with Crippen LogP contribution in [0.4, 0.5) is 5.69 Å². The Morgan fingerprint density at radius 2 is 1.13 bits per heavy atom. The normalized spacial score (nSPS) is 9.74. The van der Waals surface area contributed by atoms with Crippen molar-refractivity contribution in [2.24, 2.45) is 0 Å². The molecule has 0 aromatic heterocycles. The molecule has 4 heteroatoms. The third kappa shape index (κ3) is 8.86. The van der Waals surface area contributed by atoms with E-state index >= 15 is 0 Å². The van der Waals surface area contributed by atoms with E-state index in [2.05, 4.69) is 128 Å². The van der Waals surface area contributed by atoms with E-state index in [0.717, 1.165) is 37.0 Å². The quantitative estimate of drug-likeness (QED) is 0.196. The zero-order valence-electron chi connectivity index (χ0n) is 22.4. The molecule has 0 N–H and O–H groups in total. The maximum Gasteiger partial charge on any atom is -0.172 e. The van der Waals surface area contributed by atoms with E-state index in [9.17, 15) is 0 Å². The molecule has 0 spiro atoms. The molecule has 6 aromatic carbocycles. The third-order valence-corrected chi connectivity index (χ3v) is 8.48. The van der Waals surface area contributed by atoms with Gasteiger partial charge in [0, 0.05) is 18.8 Å². The molecule has 0 fully saturated rings. The summed E-state index contributed by atoms with van der Waals surface area (Å²) in [6.07, 6.45) is 0. The van der Waals surface area contributed by atoms with Crippen molar-refractivity contribution in [3.05, 3.63) is 151 Å². The van der Waals surface area contributed by atoms with Crippen molar-refractivity contribution in [2.45, 2.75) is 13.8 Å². The van der Waals surface area contributed by atoms with Gasteiger partial charge in [-0.1, -0.05) is 36.4 Å². The van der Waals surface area contributed by atoms with Gasteiger partial charge >= 0.3 is 98.9 Å². The van der Waals surface area contributed by atoms with Gasteiger partial charge in [0.15, 0.2) is 0 Å². The summed E-state index contributed by atoms with van der Waals surface area (Å²) in [5.41, 5.74) is 4.03. The monoisotopic (exact) mass is 717 g/mol. The predicted octanol–water partition coefficient (Wildman–Crippen LogP) is 2.77. The van der Waals surface area contributed by atoms with Gasteiger partial charge < -0.3 is 29.7 Å². The van der Waals surface area contributed by atoms with Gasteiger partial charge in [-0.05, 0) is 13.8 Å². The summed E-state index contributed by atoms with van der Waals surface area (Å²) in [6, 6.07) is 48.9. The molecule has 0 amide bonds. The minimum atomic E-state index is 0. The van der Waals surface area contributed by atoms with E-state index in [0.29, 0.717) is 0 Å². The fourth-order valence-electron chi connectivity index (χ4n) is 4.43. The van der Waals surface area contributed by atoms with Crippen molar-refractivity contribution in [3.8, 4) is 0 Å². The van der Waals surface area contributed by atoms with E-state index in [4.69, 9.17) is 0 Å². The van der Waals surface area contributed by atoms with Crippen molar-refractivity contribution >= 4 is 30.5 Å². The maximum atomic E-state index is 2.39. The smallest absolute Gasteiger partial charge is 0.172 e. The van der Waals surface area contributed by atoms with Crippen molar-refractivity contribution in [2.75, 3.05) is 18.0 Å². The Labute approximate surface area is 260 Å². The fraction of sp³-hybridized carbons (Fsp3) is 0.114. The van der Waals surface area contributed by atoms with E-state index < -0.39 is 0 Å². The number of rotatable bonds is 5. The summed E-state index contributed by atoms with van der Waals surface area (Å²) in [6.45, 7) is 6.52. The fourth-order valence-corrected chi connectivity index (χ4v) is 5.63. The Morgan fingerprint density at radius 3 is 1.64 bits per heavy atom. The van der Waals surface area contributed by atoms with E-state index in [1.807, 2.05) is 30.3 Å². The van der Waals surface area contributed by atoms with Crippen LogP contribution in [0.5, 0.6) is 0 Å². The van der Waals surface area contributed by atoms with Crippen LogP contribution in [0.3, 0.4) is 0 Å². The van der Waals surface area contributed by atoms with Gasteiger partial charge in [-0.2, -0.15) is 18.2 Å². The van der Waals surface area contributed by atoms with Gasteiger partial charge in [-0.15, -0.1) is 33.7 Å². The Morgan fingerprint density at radius 1 is 0.615 bits per heavy atom. The molecule has 6 rings (SSSR count). The van der Waals surface area contributed by atoms with Crippen LogP contribution in [-0.2, 0) is 23.9 Å². The summed E-state index contributed by atoms with van der Waals surface area (Å²) >= 11 is 1.08. The molecule has 0 bridgehead atoms. The molecular formula is C35H33Cl2HfN-2. The molecular weight excluding hydrogens is 684 g/mol. The first kappa shape index (κ1) is 32.4. The molecule has 0 aliphatic rings. The summed E-state index contributed by atoms with van der Waals surface area (Å²) in [4.78, 5) is 2.39. The SMILES string of the molecule is CCN(CC)c1ccc2c(c1)[cH-]c1ccccc12.[Cl-].[Cl-].[Hf+2]=[C](c1ccccc1)c1ccccc1.c1cc[cH-]c1. The first-order chi connectivity index (χ1) is 18.2. The summed E-state index contributed by atoms with van der Waals surface area (Å²) < 4.78 is 1.46. The Balaban J connectivity index is 0.000000227. The number of benzene rings is 4. The first-order valence-corrected chi connectivity index (χ1v) is 14.7. The predicted molar refractivity (Wildman–Crippen MR) is 159 cm³/mol. The second-order valence-corrected chi connectivity index (χ2v) is 10.5. The summed E-state index contributed by atoms with van der Waals surface area (Å²) in [7, 11) is 0. The van der Waals surface area contributed by atoms with Gasteiger partial charge in [0.05, 0.1) is 0 Å². The zero-order chi connectivity index (χ0) is 25.9. The van der Waals surface area contributed by atoms with Gasteiger partial charge in [0.1, 0.15) is 0 Å². The van der Waals surface area contributed by atoms with Gasteiger partial charge in [-0.3, -0.25) is 0 Å². The number of hydrogen-bond acceptors (Lipinski definition) is 1. The van der Waals surface area contributed by atoms with Crippen molar-refractivity contribution in [3.63, 3.8) is 0 Å². The Kier molecular flexibility index (Phi) is 14.2. The average molecular weight is 717 g/mol. The maximum absolute atomic E-state index is 2.39. The molecule has 1 nitrogen and oxygen atoms in total. The van der Waals surface area contributed by atoms with Crippen molar-refractivity contribution in [1.29, 1.82) is 0 Å². The number of anilines is 1. The van der Waals surface area contributed by atoms with Crippen LogP contribution in [0.25, 0.3) is 21.5 Å². The van der Waals surface area contributed by atoms with Crippen LogP contribution >= 0.6 is 0 Å². The molecule has 0 atom stereocenters. The molecule has 0 radical (unpaired) electrons. The Bertz CT molecular complexity index is 1440. The summed E-state index contributed by atoms with van der Waals surface area (Å²) in [5.74, 6) is 0. The Hall–Kier alpha value is -2.78. The van der Waals surface area contributed by atoms with Gasteiger partial charge in [0.25, 0.3) is 0 Å². The van der Waals surface area contributed by atoms with Crippen molar-refractivity contribution in [1.82, 2.24) is 0 Å². The van der Waals surface area contributed by atoms with Crippen LogP contribution in [0, 0.1) is 0 Å². The molecule has 0 heterocycles. The minimum absolute atomic E-state index is 0. The van der Waals surface area contributed by atoms with Gasteiger partial charge in [0.2, 0.25) is 0 Å². The van der Waals surface area contributed by atoms with Crippen LogP contribution < -0.4 is 29.7 Å². The van der Waals surface area contributed by atoms with E-state index in [1.165, 1.54) is 41.6 Å². The van der Waals surface area contributed by atoms with Crippen LogP contribution in [-0.4, -0.2) is 16.3 Å². The second-order valence-electron chi connectivity index (χ2n) is 8.74. The number of fused-ring (bicyclic) bond motifs is 3. The van der Waals surface area contributed by atoms with Crippen molar-refractivity contribution < 1.29 is 48.7 Å². The largest absolute Gasteiger partial charge is 0.214 e. The molecule has 0 saturated heterocycles. The van der Waals surface area contributed by atoms with Gasteiger partial charge in [-0.25, -0.2) is 12.1 Å². The third-order valence-electron chi connectivity index (χ3n) is 6.41. The average Bonchev–Trinajstić information content (AvgIpc) is 3.67. The summed E-state index contributed by atoms with van der Waals surface area (Å²) in [5, 5.41) is 5.41. The molecule has 0 aliphatic heterocycles. The van der Waals surface area contributed by atoms with Crippen LogP contribution in [0.2, 0.25) is 0 Å². The minimum Gasteiger partial charge on any atom is -0.214 e. The second kappa shape index (κ2) is 17.0. The number of nitrogens with zero attached hydrogens (tertiary/aromatic N) is 1. The molecule has 0 unspecified atom stereocenters. The topological polar surface area (TPSA) is 3.24 Å². The van der Waals surface area contributed by atoms with Crippen LogP contribution in [0.15, 0.2) is 140 Å². The molecule has 0 aliphatic carbocycles. The van der Waals surface area contributed by atoms with Crippen LogP contribution in [0.1, 0.15) is 25.0 Å². The standard InChI is InChI=1S/C17H18N.C13H10.C5H5.2ClH.Hf/c1-3-18(4-2)15-9-10-17-14(12-15)11-13-7-5-6-8-16(13)17;1-3-7-12(8-4-1)11-13-9-5-2-6-10-13;1-2-4-5-3-1;;;/h5-12H,3-4H2,1-2H3;1-10H;1-5H;2*1H;/q-1;;-1;;;+2/p-2. The molecule has 0 saturated carbocycles. The van der Waals surface area contributed by atoms with E-state index in [-0.39, 0.29) is 24.8 Å². The van der Waals surface area contributed by atoms with E-state index in [1.54, 1.807) is 0 Å². The first-order valence-electron chi connectivity index (χ1n) is 12.9. The number of hydrogen-bond donors (Lipinski definition) is 0. The zero-order valence-corrected chi connectivity index (χ0v) is 27.5. The molecule has 39 heavy (non-hydrogen) atoms. The molecule has 6 aromatic rings. The number of halogens is 2. The molecule has 198 valence electrons.